The van der Waals surface area contributed by atoms with Crippen molar-refractivity contribution >= 4 is 11.6 Å². The van der Waals surface area contributed by atoms with E-state index in [0.717, 1.165) is 6.42 Å². The first-order valence-corrected chi connectivity index (χ1v) is 4.73. The van der Waals surface area contributed by atoms with Gasteiger partial charge in [-0.1, -0.05) is 0 Å². The molecule has 14 heavy (non-hydrogen) atoms. The summed E-state index contributed by atoms with van der Waals surface area (Å²) in [5.74, 6) is -0.473. The van der Waals surface area contributed by atoms with Gasteiger partial charge in [0.1, 0.15) is 11.5 Å². The number of aryl methyl sites for hydroxylation is 1. The summed E-state index contributed by atoms with van der Waals surface area (Å²) in [5.41, 5.74) is 0.410. The Hall–Kier alpha value is -1.45. The Morgan fingerprint density at radius 3 is 2.93 bits per heavy atom. The van der Waals surface area contributed by atoms with Gasteiger partial charge in [-0.25, -0.2) is 4.98 Å². The van der Waals surface area contributed by atoms with Crippen LogP contribution in [0.4, 0.5) is 0 Å². The molecule has 0 bridgehead atoms. The van der Waals surface area contributed by atoms with Gasteiger partial charge in [0.25, 0.3) is 0 Å². The van der Waals surface area contributed by atoms with Crippen molar-refractivity contribution in [3.8, 4) is 0 Å². The highest BCUT2D eigenvalue weighted by molar-refractivity contribution is 6.10. The second-order valence-corrected chi connectivity index (χ2v) is 3.70. The lowest BCUT2D eigenvalue weighted by Gasteiger charge is -2.02. The average molecular weight is 192 g/mol. The zero-order valence-electron chi connectivity index (χ0n) is 8.06. The van der Waals surface area contributed by atoms with Gasteiger partial charge in [0.15, 0.2) is 5.78 Å². The molecule has 0 aliphatic heterocycles. The van der Waals surface area contributed by atoms with E-state index in [1.807, 2.05) is 0 Å². The van der Waals surface area contributed by atoms with Gasteiger partial charge in [-0.3, -0.25) is 9.59 Å². The smallest absolute Gasteiger partial charge is 0.193 e. The summed E-state index contributed by atoms with van der Waals surface area (Å²) in [6.45, 7) is 0. The fourth-order valence-corrected chi connectivity index (χ4v) is 1.81. The lowest BCUT2D eigenvalue weighted by molar-refractivity contribution is -0.119. The van der Waals surface area contributed by atoms with Crippen LogP contribution in [-0.4, -0.2) is 21.1 Å². The Morgan fingerprint density at radius 2 is 2.43 bits per heavy atom. The SMILES string of the molecule is Cn1cnc(C(=O)C2CCCC2=O)c1. The summed E-state index contributed by atoms with van der Waals surface area (Å²) >= 11 is 0. The van der Waals surface area contributed by atoms with Gasteiger partial charge < -0.3 is 4.57 Å². The molecular formula is C10H12N2O2. The molecule has 0 spiro atoms. The quantitative estimate of drug-likeness (QED) is 0.518. The second-order valence-electron chi connectivity index (χ2n) is 3.70. The van der Waals surface area contributed by atoms with E-state index in [4.69, 9.17) is 0 Å². The molecule has 2 rings (SSSR count). The van der Waals surface area contributed by atoms with Crippen molar-refractivity contribution in [2.24, 2.45) is 13.0 Å². The molecule has 1 unspecified atom stereocenters. The van der Waals surface area contributed by atoms with Crippen LogP contribution in [0.5, 0.6) is 0 Å². The van der Waals surface area contributed by atoms with E-state index in [2.05, 4.69) is 4.98 Å². The van der Waals surface area contributed by atoms with Crippen LogP contribution < -0.4 is 0 Å². The molecule has 0 aromatic carbocycles. The average Bonchev–Trinajstić information content (AvgIpc) is 2.73. The molecule has 1 aliphatic carbocycles. The Morgan fingerprint density at radius 1 is 1.64 bits per heavy atom. The number of Topliss-reactive ketones (excluding diaryl/α,β-unsaturated/α-hetero) is 2. The fraction of sp³-hybridized carbons (Fsp3) is 0.500. The van der Waals surface area contributed by atoms with Crippen molar-refractivity contribution in [1.29, 1.82) is 0 Å². The number of carbonyl (C=O) groups excluding carboxylic acids is 2. The van der Waals surface area contributed by atoms with Gasteiger partial charge in [0.05, 0.1) is 12.2 Å². The minimum absolute atomic E-state index is 0.0700. The van der Waals surface area contributed by atoms with Crippen molar-refractivity contribution in [2.45, 2.75) is 19.3 Å². The number of nitrogens with zero attached hydrogens (tertiary/aromatic N) is 2. The van der Waals surface area contributed by atoms with Crippen LogP contribution in [0.15, 0.2) is 12.5 Å². The predicted molar refractivity (Wildman–Crippen MR) is 49.9 cm³/mol. The third kappa shape index (κ3) is 1.47. The first-order chi connectivity index (χ1) is 6.68. The van der Waals surface area contributed by atoms with E-state index < -0.39 is 5.92 Å². The highest BCUT2D eigenvalue weighted by Crippen LogP contribution is 2.24. The van der Waals surface area contributed by atoms with Crippen LogP contribution >= 0.6 is 0 Å². The molecule has 1 aromatic rings. The summed E-state index contributed by atoms with van der Waals surface area (Å²) in [6, 6.07) is 0. The minimum Gasteiger partial charge on any atom is -0.340 e. The normalized spacial score (nSPS) is 21.5. The molecule has 0 amide bonds. The molecule has 0 N–H and O–H groups in total. The summed E-state index contributed by atoms with van der Waals surface area (Å²) < 4.78 is 1.71. The highest BCUT2D eigenvalue weighted by atomic mass is 16.2. The van der Waals surface area contributed by atoms with Gasteiger partial charge in [0.2, 0.25) is 0 Å². The molecule has 1 saturated carbocycles. The first-order valence-electron chi connectivity index (χ1n) is 4.73. The largest absolute Gasteiger partial charge is 0.340 e. The molecule has 1 heterocycles. The van der Waals surface area contributed by atoms with Crippen LogP contribution in [0.25, 0.3) is 0 Å². The Kier molecular flexibility index (Phi) is 2.19. The maximum Gasteiger partial charge on any atom is 0.193 e. The number of ketones is 2. The van der Waals surface area contributed by atoms with Gasteiger partial charge >= 0.3 is 0 Å². The number of rotatable bonds is 2. The first kappa shape index (κ1) is 9.12. The van der Waals surface area contributed by atoms with E-state index in [9.17, 15) is 9.59 Å². The van der Waals surface area contributed by atoms with Gasteiger partial charge in [-0.2, -0.15) is 0 Å². The Labute approximate surface area is 81.9 Å². The Bertz CT molecular complexity index is 381. The zero-order chi connectivity index (χ0) is 10.1. The van der Waals surface area contributed by atoms with E-state index in [-0.39, 0.29) is 11.6 Å². The van der Waals surface area contributed by atoms with Crippen LogP contribution in [0.3, 0.4) is 0 Å². The third-order valence-corrected chi connectivity index (χ3v) is 2.58. The number of carbonyl (C=O) groups is 2. The molecule has 4 nitrogen and oxygen atoms in total. The monoisotopic (exact) mass is 192 g/mol. The van der Waals surface area contributed by atoms with Crippen molar-refractivity contribution in [3.05, 3.63) is 18.2 Å². The molecule has 0 saturated heterocycles. The minimum atomic E-state index is -0.426. The summed E-state index contributed by atoms with van der Waals surface area (Å²) in [6.07, 6.45) is 5.31. The molecule has 74 valence electrons. The van der Waals surface area contributed by atoms with Gasteiger partial charge in [-0.05, 0) is 12.8 Å². The summed E-state index contributed by atoms with van der Waals surface area (Å²) in [7, 11) is 1.81. The number of hydrogen-bond acceptors (Lipinski definition) is 3. The van der Waals surface area contributed by atoms with E-state index in [1.54, 1.807) is 24.1 Å². The highest BCUT2D eigenvalue weighted by Gasteiger charge is 2.32. The lowest BCUT2D eigenvalue weighted by Crippen LogP contribution is -2.19. The number of aromatic nitrogens is 2. The summed E-state index contributed by atoms with van der Waals surface area (Å²) in [4.78, 5) is 27.1. The molecular weight excluding hydrogens is 180 g/mol. The zero-order valence-corrected chi connectivity index (χ0v) is 8.06. The van der Waals surface area contributed by atoms with E-state index >= 15 is 0 Å². The van der Waals surface area contributed by atoms with Crippen LogP contribution in [0.2, 0.25) is 0 Å². The van der Waals surface area contributed by atoms with E-state index in [1.165, 1.54) is 0 Å². The molecule has 0 radical (unpaired) electrons. The second kappa shape index (κ2) is 3.36. The summed E-state index contributed by atoms with van der Waals surface area (Å²) in [5, 5.41) is 0. The molecule has 1 fully saturated rings. The van der Waals surface area contributed by atoms with Crippen molar-refractivity contribution in [1.82, 2.24) is 9.55 Å². The molecule has 4 heteroatoms. The van der Waals surface area contributed by atoms with Crippen molar-refractivity contribution in [2.75, 3.05) is 0 Å². The maximum atomic E-state index is 11.8. The van der Waals surface area contributed by atoms with Crippen LogP contribution in [0, 0.1) is 5.92 Å². The van der Waals surface area contributed by atoms with Crippen molar-refractivity contribution < 1.29 is 9.59 Å². The molecule has 1 aliphatic rings. The maximum absolute atomic E-state index is 11.8. The molecule has 1 aromatic heterocycles. The Balaban J connectivity index is 2.19. The van der Waals surface area contributed by atoms with Crippen LogP contribution in [-0.2, 0) is 11.8 Å². The fourth-order valence-electron chi connectivity index (χ4n) is 1.81. The van der Waals surface area contributed by atoms with Crippen molar-refractivity contribution in [3.63, 3.8) is 0 Å². The van der Waals surface area contributed by atoms with E-state index in [0.29, 0.717) is 18.5 Å². The van der Waals surface area contributed by atoms with Gasteiger partial charge in [-0.15, -0.1) is 0 Å². The number of hydrogen-bond donors (Lipinski definition) is 0. The predicted octanol–water partition coefficient (Wildman–Crippen LogP) is 0.972. The lowest BCUT2D eigenvalue weighted by atomic mass is 10.00. The topological polar surface area (TPSA) is 52.0 Å². The van der Waals surface area contributed by atoms with Crippen LogP contribution in [0.1, 0.15) is 29.8 Å². The van der Waals surface area contributed by atoms with Gasteiger partial charge in [0, 0.05) is 19.7 Å². The standard InChI is InChI=1S/C10H12N2O2/c1-12-5-8(11-6-12)10(14)7-3-2-4-9(7)13/h5-7H,2-4H2,1H3. The number of imidazole rings is 1. The third-order valence-electron chi connectivity index (χ3n) is 2.58. The molecule has 1 atom stereocenters.